The molecule has 1 aliphatic heterocycles. The first-order chi connectivity index (χ1) is 4.86. The fraction of sp³-hybridized carbons (Fsp3) is 0.125. The fourth-order valence-corrected chi connectivity index (χ4v) is 0.940. The lowest BCUT2D eigenvalue weighted by molar-refractivity contribution is 1.57. The summed E-state index contributed by atoms with van der Waals surface area (Å²) in [5.74, 6) is 0. The van der Waals surface area contributed by atoms with Crippen LogP contribution in [-0.4, -0.2) is 12.3 Å². The Kier molecular flexibility index (Phi) is 1.01. The number of hydrogen-bond acceptors (Lipinski definition) is 2. The van der Waals surface area contributed by atoms with E-state index >= 15 is 0 Å². The van der Waals surface area contributed by atoms with Gasteiger partial charge < -0.3 is 5.73 Å². The van der Waals surface area contributed by atoms with Crippen LogP contribution in [-0.2, 0) is 0 Å². The van der Waals surface area contributed by atoms with Crippen LogP contribution in [0.4, 0.5) is 5.69 Å². The highest BCUT2D eigenvalue weighted by atomic mass is 14.9. The molecule has 0 radical (unpaired) electrons. The molecule has 0 unspecified atom stereocenters. The molecule has 0 saturated carbocycles. The van der Waals surface area contributed by atoms with Gasteiger partial charge in [0.05, 0.1) is 12.3 Å². The highest BCUT2D eigenvalue weighted by molar-refractivity contribution is 6.10. The van der Waals surface area contributed by atoms with E-state index in [1.165, 1.54) is 11.3 Å². The van der Waals surface area contributed by atoms with Crippen LogP contribution in [0.25, 0.3) is 0 Å². The van der Waals surface area contributed by atoms with Crippen molar-refractivity contribution in [1.29, 1.82) is 0 Å². The first-order valence-electron chi connectivity index (χ1n) is 3.25. The molecule has 2 nitrogen and oxygen atoms in total. The van der Waals surface area contributed by atoms with E-state index < -0.39 is 0 Å². The van der Waals surface area contributed by atoms with Crippen molar-refractivity contribution in [3.8, 4) is 0 Å². The van der Waals surface area contributed by atoms with Crippen LogP contribution in [0.1, 0.15) is 5.56 Å². The van der Waals surface area contributed by atoms with Crippen molar-refractivity contribution < 1.29 is 0 Å². The standard InChI is InChI=1S/C8H8N2/c9-7-3-1-2-6(4-7)8-5-10-8/h1-4H,5,9H2. The van der Waals surface area contributed by atoms with Crippen molar-refractivity contribution in [2.45, 2.75) is 0 Å². The van der Waals surface area contributed by atoms with E-state index in [1.54, 1.807) is 0 Å². The summed E-state index contributed by atoms with van der Waals surface area (Å²) in [6.45, 7) is 0.892. The molecule has 10 heavy (non-hydrogen) atoms. The summed E-state index contributed by atoms with van der Waals surface area (Å²) >= 11 is 0. The molecule has 0 amide bonds. The van der Waals surface area contributed by atoms with Crippen LogP contribution >= 0.6 is 0 Å². The van der Waals surface area contributed by atoms with Gasteiger partial charge >= 0.3 is 0 Å². The molecule has 1 aromatic carbocycles. The second-order valence-corrected chi connectivity index (χ2v) is 2.39. The highest BCUT2D eigenvalue weighted by Crippen LogP contribution is 2.13. The van der Waals surface area contributed by atoms with Gasteiger partial charge in [0.15, 0.2) is 0 Å². The second kappa shape index (κ2) is 1.84. The van der Waals surface area contributed by atoms with Gasteiger partial charge in [0, 0.05) is 5.69 Å². The average molecular weight is 132 g/mol. The predicted octanol–water partition coefficient (Wildman–Crippen LogP) is 1.07. The van der Waals surface area contributed by atoms with Gasteiger partial charge in [-0.15, -0.1) is 0 Å². The van der Waals surface area contributed by atoms with E-state index in [1.807, 2.05) is 24.3 Å². The summed E-state index contributed by atoms with van der Waals surface area (Å²) in [5.41, 5.74) is 8.72. The number of aliphatic imine (C=N–C) groups is 1. The van der Waals surface area contributed by atoms with Gasteiger partial charge in [-0.05, 0) is 17.7 Å². The zero-order chi connectivity index (χ0) is 6.97. The van der Waals surface area contributed by atoms with E-state index in [0.717, 1.165) is 12.2 Å². The van der Waals surface area contributed by atoms with Crippen molar-refractivity contribution in [3.63, 3.8) is 0 Å². The molecule has 50 valence electrons. The normalized spacial score (nSPS) is 14.6. The van der Waals surface area contributed by atoms with Crippen molar-refractivity contribution in [2.75, 3.05) is 12.3 Å². The molecule has 0 bridgehead atoms. The summed E-state index contributed by atoms with van der Waals surface area (Å²) in [5, 5.41) is 0. The zero-order valence-corrected chi connectivity index (χ0v) is 5.54. The number of nitrogens with two attached hydrogens (primary N) is 1. The van der Waals surface area contributed by atoms with Crippen molar-refractivity contribution >= 4 is 11.4 Å². The Labute approximate surface area is 59.4 Å². The van der Waals surface area contributed by atoms with E-state index in [-0.39, 0.29) is 0 Å². The molecule has 0 aliphatic carbocycles. The molecule has 1 aromatic rings. The maximum atomic E-state index is 5.57. The van der Waals surface area contributed by atoms with Crippen molar-refractivity contribution in [3.05, 3.63) is 29.8 Å². The molecule has 0 saturated heterocycles. The Morgan fingerprint density at radius 3 is 2.80 bits per heavy atom. The Morgan fingerprint density at radius 1 is 1.40 bits per heavy atom. The quantitative estimate of drug-likeness (QED) is 0.570. The lowest BCUT2D eigenvalue weighted by Gasteiger charge is -1.93. The van der Waals surface area contributed by atoms with Gasteiger partial charge in [0.1, 0.15) is 0 Å². The van der Waals surface area contributed by atoms with E-state index in [0.29, 0.717) is 0 Å². The van der Waals surface area contributed by atoms with Gasteiger partial charge in [-0.2, -0.15) is 0 Å². The minimum atomic E-state index is 0.812. The summed E-state index contributed by atoms with van der Waals surface area (Å²) in [6.07, 6.45) is 0. The summed E-state index contributed by atoms with van der Waals surface area (Å²) in [6, 6.07) is 7.81. The largest absolute Gasteiger partial charge is 0.399 e. The second-order valence-electron chi connectivity index (χ2n) is 2.39. The van der Waals surface area contributed by atoms with Crippen molar-refractivity contribution in [2.24, 2.45) is 4.99 Å². The Morgan fingerprint density at radius 2 is 2.20 bits per heavy atom. The maximum Gasteiger partial charge on any atom is 0.0817 e. The molecule has 0 fully saturated rings. The third kappa shape index (κ3) is 0.880. The average Bonchev–Trinajstić information content (AvgIpc) is 2.68. The number of rotatable bonds is 1. The van der Waals surface area contributed by atoms with Crippen LogP contribution in [0, 0.1) is 0 Å². The minimum absolute atomic E-state index is 0.812. The number of nitrogens with zero attached hydrogens (tertiary/aromatic N) is 1. The van der Waals surface area contributed by atoms with Gasteiger partial charge in [0.25, 0.3) is 0 Å². The van der Waals surface area contributed by atoms with Crippen LogP contribution in [0.5, 0.6) is 0 Å². The van der Waals surface area contributed by atoms with E-state index in [4.69, 9.17) is 5.73 Å². The first kappa shape index (κ1) is 5.47. The van der Waals surface area contributed by atoms with Crippen LogP contribution in [0.15, 0.2) is 29.3 Å². The highest BCUT2D eigenvalue weighted by Gasteiger charge is 2.11. The van der Waals surface area contributed by atoms with E-state index in [9.17, 15) is 0 Å². The van der Waals surface area contributed by atoms with Gasteiger partial charge in [-0.3, -0.25) is 4.99 Å². The maximum absolute atomic E-state index is 5.57. The lowest BCUT2D eigenvalue weighted by Crippen LogP contribution is -1.90. The molecule has 1 aliphatic rings. The first-order valence-corrected chi connectivity index (χ1v) is 3.25. The molecule has 0 aromatic heterocycles. The molecule has 0 atom stereocenters. The summed E-state index contributed by atoms with van der Waals surface area (Å²) in [7, 11) is 0. The molecule has 1 heterocycles. The Bertz CT molecular complexity index is 289. The third-order valence-electron chi connectivity index (χ3n) is 1.54. The van der Waals surface area contributed by atoms with Crippen LogP contribution in [0.2, 0.25) is 0 Å². The van der Waals surface area contributed by atoms with E-state index in [2.05, 4.69) is 4.99 Å². The lowest BCUT2D eigenvalue weighted by atomic mass is 10.1. The molecule has 2 rings (SSSR count). The molecule has 0 spiro atoms. The molecular weight excluding hydrogens is 124 g/mol. The Hall–Kier alpha value is -1.31. The number of anilines is 1. The summed E-state index contributed by atoms with van der Waals surface area (Å²) < 4.78 is 0. The monoisotopic (exact) mass is 132 g/mol. The van der Waals surface area contributed by atoms with Crippen LogP contribution in [0.3, 0.4) is 0 Å². The fourth-order valence-electron chi connectivity index (χ4n) is 0.940. The zero-order valence-electron chi connectivity index (χ0n) is 5.54. The van der Waals surface area contributed by atoms with Gasteiger partial charge in [-0.25, -0.2) is 0 Å². The number of nitrogen functional groups attached to an aromatic ring is 1. The van der Waals surface area contributed by atoms with Gasteiger partial charge in [-0.1, -0.05) is 12.1 Å². The topological polar surface area (TPSA) is 38.4 Å². The molecular formula is C8H8N2. The van der Waals surface area contributed by atoms with Gasteiger partial charge in [0.2, 0.25) is 0 Å². The number of benzene rings is 1. The minimum Gasteiger partial charge on any atom is -0.399 e. The third-order valence-corrected chi connectivity index (χ3v) is 1.54. The SMILES string of the molecule is Nc1cccc(C2=NC2)c1. The Balaban J connectivity index is 2.42. The molecule has 2 heteroatoms. The van der Waals surface area contributed by atoms with Crippen LogP contribution < -0.4 is 5.73 Å². The smallest absolute Gasteiger partial charge is 0.0817 e. The number of hydrogen-bond donors (Lipinski definition) is 1. The van der Waals surface area contributed by atoms with Crippen molar-refractivity contribution in [1.82, 2.24) is 0 Å². The molecule has 2 N–H and O–H groups in total. The summed E-state index contributed by atoms with van der Waals surface area (Å²) in [4.78, 5) is 4.07. The predicted molar refractivity (Wildman–Crippen MR) is 42.3 cm³/mol.